The third-order valence-electron chi connectivity index (χ3n) is 7.70. The molecule has 2 atom stereocenters. The summed E-state index contributed by atoms with van der Waals surface area (Å²) in [4.78, 5) is 9.33. The molecule has 39 heavy (non-hydrogen) atoms. The molecule has 7 heteroatoms. The third kappa shape index (κ3) is 4.43. The lowest BCUT2D eigenvalue weighted by Crippen LogP contribution is -2.36. The van der Waals surface area contributed by atoms with Crippen molar-refractivity contribution in [2.24, 2.45) is 0 Å². The molecule has 0 aliphatic carbocycles. The van der Waals surface area contributed by atoms with Crippen molar-refractivity contribution in [2.45, 2.75) is 12.1 Å². The Hall–Kier alpha value is -4.20. The highest BCUT2D eigenvalue weighted by molar-refractivity contribution is 7.80. The molecule has 1 N–H and O–H groups in total. The lowest BCUT2D eigenvalue weighted by atomic mass is 10.0. The lowest BCUT2D eigenvalue weighted by Gasteiger charge is -2.31. The van der Waals surface area contributed by atoms with Crippen molar-refractivity contribution in [2.75, 3.05) is 36.1 Å². The zero-order valence-corrected chi connectivity index (χ0v) is 22.3. The minimum atomic E-state index is -0.105. The molecule has 6 nitrogen and oxygen atoms in total. The second kappa shape index (κ2) is 10.2. The summed E-state index contributed by atoms with van der Waals surface area (Å²) in [5.74, 6) is 0. The van der Waals surface area contributed by atoms with Gasteiger partial charge in [-0.1, -0.05) is 36.4 Å². The molecular weight excluding hydrogens is 502 g/mol. The Morgan fingerprint density at radius 1 is 0.769 bits per heavy atom. The van der Waals surface area contributed by atoms with Gasteiger partial charge in [0, 0.05) is 48.2 Å². The maximum Gasteiger partial charge on any atom is 0.174 e. The quantitative estimate of drug-likeness (QED) is 0.279. The number of ether oxygens (including phenoxy) is 1. The zero-order chi connectivity index (χ0) is 26.2. The largest absolute Gasteiger partial charge is 0.378 e. The highest BCUT2D eigenvalue weighted by Crippen LogP contribution is 2.42. The first kappa shape index (κ1) is 23.9. The third-order valence-corrected chi connectivity index (χ3v) is 8.01. The summed E-state index contributed by atoms with van der Waals surface area (Å²) < 4.78 is 7.81. The molecular formula is C32H29N5OS. The average molecular weight is 532 g/mol. The fourth-order valence-electron chi connectivity index (χ4n) is 5.78. The van der Waals surface area contributed by atoms with E-state index in [0.29, 0.717) is 5.11 Å². The zero-order valence-electron chi connectivity index (χ0n) is 21.5. The van der Waals surface area contributed by atoms with Gasteiger partial charge in [-0.3, -0.25) is 4.98 Å². The van der Waals surface area contributed by atoms with Crippen molar-refractivity contribution in [3.8, 4) is 5.69 Å². The van der Waals surface area contributed by atoms with Crippen molar-refractivity contribution in [1.82, 2.24) is 14.9 Å². The van der Waals surface area contributed by atoms with Gasteiger partial charge >= 0.3 is 0 Å². The van der Waals surface area contributed by atoms with E-state index >= 15 is 0 Å². The van der Waals surface area contributed by atoms with E-state index in [0.717, 1.165) is 49.1 Å². The van der Waals surface area contributed by atoms with Crippen LogP contribution in [0.3, 0.4) is 0 Å². The van der Waals surface area contributed by atoms with Gasteiger partial charge in [-0.25, -0.2) is 0 Å². The molecule has 3 aromatic carbocycles. The predicted octanol–water partition coefficient (Wildman–Crippen LogP) is 6.04. The van der Waals surface area contributed by atoms with E-state index in [2.05, 4.69) is 111 Å². The number of hydrogen-bond donors (Lipinski definition) is 1. The van der Waals surface area contributed by atoms with Gasteiger partial charge in [0.05, 0.1) is 24.9 Å². The summed E-state index contributed by atoms with van der Waals surface area (Å²) in [6.07, 6.45) is 3.98. The van der Waals surface area contributed by atoms with Gasteiger partial charge in [0.25, 0.3) is 0 Å². The Morgan fingerprint density at radius 3 is 2.31 bits per heavy atom. The average Bonchev–Trinajstić information content (AvgIpc) is 3.62. The normalized spacial score (nSPS) is 19.4. The van der Waals surface area contributed by atoms with E-state index in [1.807, 2.05) is 18.3 Å². The molecule has 0 spiro atoms. The van der Waals surface area contributed by atoms with Gasteiger partial charge < -0.3 is 24.4 Å². The first-order valence-electron chi connectivity index (χ1n) is 13.4. The number of pyridine rings is 1. The van der Waals surface area contributed by atoms with Crippen LogP contribution in [0, 0.1) is 0 Å². The molecule has 0 amide bonds. The summed E-state index contributed by atoms with van der Waals surface area (Å²) in [7, 11) is 0. The summed E-state index contributed by atoms with van der Waals surface area (Å²) in [5.41, 5.74) is 5.49. The van der Waals surface area contributed by atoms with Gasteiger partial charge in [0.15, 0.2) is 5.11 Å². The molecule has 194 valence electrons. The van der Waals surface area contributed by atoms with E-state index < -0.39 is 0 Å². The monoisotopic (exact) mass is 531 g/mol. The standard InChI is InChI=1S/C32H29N5OS/c39-32-34-30(28-8-3-4-16-33-28)31(37(32)26-14-12-25(13-15-26)35-18-20-38-21-19-35)29-9-5-17-36(29)27-11-10-23-6-1-2-7-24(23)22-27/h1-17,22,30-31H,18-21H2,(H,34,39)/t30-,31-/m1/s1. The highest BCUT2D eigenvalue weighted by atomic mass is 32.1. The van der Waals surface area contributed by atoms with Gasteiger partial charge in [0.2, 0.25) is 0 Å². The van der Waals surface area contributed by atoms with Crippen LogP contribution in [0.2, 0.25) is 0 Å². The molecule has 0 radical (unpaired) electrons. The fraction of sp³-hybridized carbons (Fsp3) is 0.188. The number of anilines is 2. The van der Waals surface area contributed by atoms with E-state index in [-0.39, 0.29) is 12.1 Å². The summed E-state index contributed by atoms with van der Waals surface area (Å²) in [5, 5.41) is 6.74. The Kier molecular flexibility index (Phi) is 6.23. The molecule has 2 saturated heterocycles. The molecule has 2 aliphatic heterocycles. The SMILES string of the molecule is S=C1N[C@H](c2ccccn2)[C@@H](c2cccn2-c2ccc3ccccc3c2)N1c1ccc(N2CCOCC2)cc1. The molecule has 0 bridgehead atoms. The van der Waals surface area contributed by atoms with Crippen molar-refractivity contribution in [3.05, 3.63) is 121 Å². The molecule has 7 rings (SSSR count). The number of thiocarbonyl (C=S) groups is 1. The molecule has 2 aromatic heterocycles. The number of fused-ring (bicyclic) bond motifs is 1. The Bertz CT molecular complexity index is 1610. The van der Waals surface area contributed by atoms with Crippen LogP contribution < -0.4 is 15.1 Å². The van der Waals surface area contributed by atoms with Crippen molar-refractivity contribution < 1.29 is 4.74 Å². The summed E-state index contributed by atoms with van der Waals surface area (Å²) in [6.45, 7) is 3.35. The maximum absolute atomic E-state index is 5.98. The van der Waals surface area contributed by atoms with Crippen LogP contribution in [-0.2, 0) is 4.74 Å². The van der Waals surface area contributed by atoms with Crippen LogP contribution in [0.1, 0.15) is 23.5 Å². The highest BCUT2D eigenvalue weighted by Gasteiger charge is 2.42. The summed E-state index contributed by atoms with van der Waals surface area (Å²) in [6, 6.07) is 34.0. The van der Waals surface area contributed by atoms with Crippen molar-refractivity contribution in [1.29, 1.82) is 0 Å². The van der Waals surface area contributed by atoms with Gasteiger partial charge in [-0.2, -0.15) is 0 Å². The topological polar surface area (TPSA) is 45.6 Å². The van der Waals surface area contributed by atoms with Crippen molar-refractivity contribution >= 4 is 39.5 Å². The van der Waals surface area contributed by atoms with Crippen LogP contribution in [0.15, 0.2) is 109 Å². The minimum absolute atomic E-state index is 0.0943. The Labute approximate surface area is 233 Å². The first-order chi connectivity index (χ1) is 19.3. The molecule has 5 aromatic rings. The first-order valence-corrected chi connectivity index (χ1v) is 13.8. The number of benzene rings is 3. The van der Waals surface area contributed by atoms with Crippen molar-refractivity contribution in [3.63, 3.8) is 0 Å². The number of aromatic nitrogens is 2. The fourth-order valence-corrected chi connectivity index (χ4v) is 6.12. The van der Waals surface area contributed by atoms with Gasteiger partial charge in [0.1, 0.15) is 6.04 Å². The number of rotatable bonds is 5. The van der Waals surface area contributed by atoms with E-state index in [1.54, 1.807) is 0 Å². The predicted molar refractivity (Wildman–Crippen MR) is 161 cm³/mol. The number of nitrogens with one attached hydrogen (secondary N) is 1. The second-order valence-electron chi connectivity index (χ2n) is 9.95. The van der Waals surface area contributed by atoms with Gasteiger partial charge in [-0.05, 0) is 83.7 Å². The van der Waals surface area contributed by atoms with Crippen LogP contribution in [0.5, 0.6) is 0 Å². The number of nitrogens with zero attached hydrogens (tertiary/aromatic N) is 4. The molecule has 2 fully saturated rings. The molecule has 0 unspecified atom stereocenters. The number of morpholine rings is 1. The lowest BCUT2D eigenvalue weighted by molar-refractivity contribution is 0.122. The molecule has 4 heterocycles. The van der Waals surface area contributed by atoms with E-state index in [9.17, 15) is 0 Å². The molecule has 0 saturated carbocycles. The Morgan fingerprint density at radius 2 is 1.51 bits per heavy atom. The van der Waals surface area contributed by atoms with Crippen LogP contribution in [0.4, 0.5) is 11.4 Å². The Balaban J connectivity index is 1.31. The van der Waals surface area contributed by atoms with Crippen LogP contribution in [0.25, 0.3) is 16.5 Å². The summed E-state index contributed by atoms with van der Waals surface area (Å²) >= 11 is 5.98. The smallest absolute Gasteiger partial charge is 0.174 e. The number of hydrogen-bond acceptors (Lipinski definition) is 4. The van der Waals surface area contributed by atoms with Crippen LogP contribution in [-0.4, -0.2) is 41.0 Å². The van der Waals surface area contributed by atoms with Gasteiger partial charge in [-0.15, -0.1) is 0 Å². The minimum Gasteiger partial charge on any atom is -0.378 e. The maximum atomic E-state index is 5.98. The van der Waals surface area contributed by atoms with E-state index in [4.69, 9.17) is 21.9 Å². The second-order valence-corrected chi connectivity index (χ2v) is 10.3. The molecule has 2 aliphatic rings. The van der Waals surface area contributed by atoms with Crippen LogP contribution >= 0.6 is 12.2 Å². The van der Waals surface area contributed by atoms with E-state index in [1.165, 1.54) is 16.5 Å².